The van der Waals surface area contributed by atoms with Crippen molar-refractivity contribution in [3.8, 4) is 0 Å². The van der Waals surface area contributed by atoms with Crippen molar-refractivity contribution >= 4 is 17.8 Å². The molecular formula is C13H31NP2. The van der Waals surface area contributed by atoms with Gasteiger partial charge in [-0.15, -0.1) is 15.8 Å². The normalized spacial score (nSPS) is 9.44. The van der Waals surface area contributed by atoms with E-state index in [1.165, 1.54) is 0 Å². The molecular weight excluding hydrogens is 232 g/mol. The summed E-state index contributed by atoms with van der Waals surface area (Å²) in [5, 5.41) is 1.54. The van der Waals surface area contributed by atoms with Crippen molar-refractivity contribution in [2.24, 2.45) is 5.73 Å². The van der Waals surface area contributed by atoms with Gasteiger partial charge in [0.25, 0.3) is 0 Å². The van der Waals surface area contributed by atoms with E-state index in [0.29, 0.717) is 19.7 Å². The molecule has 3 heteroatoms. The van der Waals surface area contributed by atoms with Crippen LogP contribution >= 0.6 is 17.8 Å². The summed E-state index contributed by atoms with van der Waals surface area (Å²) in [6, 6.07) is 0. The van der Waals surface area contributed by atoms with Gasteiger partial charge in [-0.1, -0.05) is 62.4 Å². The second-order valence-corrected chi connectivity index (χ2v) is 5.81. The number of hydrogen-bond acceptors (Lipinski definition) is 1. The van der Waals surface area contributed by atoms with Crippen molar-refractivity contribution in [2.75, 3.05) is 0 Å². The van der Waals surface area contributed by atoms with E-state index < -0.39 is 0 Å². The van der Waals surface area contributed by atoms with Gasteiger partial charge in [-0.05, 0) is 17.6 Å². The third kappa shape index (κ3) is 37.1. The lowest BCUT2D eigenvalue weighted by molar-refractivity contribution is 1.39. The van der Waals surface area contributed by atoms with Crippen LogP contribution in [0.25, 0.3) is 0 Å². The van der Waals surface area contributed by atoms with Crippen LogP contribution in [-0.4, -0.2) is 5.40 Å². The van der Waals surface area contributed by atoms with Crippen molar-refractivity contribution in [1.82, 2.24) is 0 Å². The Morgan fingerprint density at radius 3 is 1.56 bits per heavy atom. The molecule has 0 heterocycles. The zero-order valence-corrected chi connectivity index (χ0v) is 14.1. The van der Waals surface area contributed by atoms with Gasteiger partial charge in [0.15, 0.2) is 0 Å². The third-order valence-electron chi connectivity index (χ3n) is 0.790. The van der Waals surface area contributed by atoms with E-state index in [4.69, 9.17) is 5.73 Å². The van der Waals surface area contributed by atoms with Crippen LogP contribution in [0.5, 0.6) is 0 Å². The minimum absolute atomic E-state index is 0.567. The first-order valence-corrected chi connectivity index (χ1v) is 7.42. The highest BCUT2D eigenvalue weighted by atomic mass is 31.1. The minimum Gasteiger partial charge on any atom is -0.399 e. The molecule has 0 bridgehead atoms. The maximum Gasteiger partial charge on any atom is 0.0310 e. The van der Waals surface area contributed by atoms with E-state index in [-0.39, 0.29) is 0 Å². The molecule has 2 N–H and O–H groups in total. The highest BCUT2D eigenvalue weighted by Crippen LogP contribution is 2.33. The quantitative estimate of drug-likeness (QED) is 0.427. The molecule has 3 unspecified atom stereocenters. The summed E-state index contributed by atoms with van der Waals surface area (Å²) in [6.07, 6.45) is 1.75. The van der Waals surface area contributed by atoms with Crippen LogP contribution in [0.4, 0.5) is 0 Å². The molecule has 0 saturated carbocycles. The minimum atomic E-state index is 0.567. The molecule has 0 amide bonds. The average Bonchev–Trinajstić information content (AvgIpc) is 2.24. The monoisotopic (exact) mass is 263 g/mol. The highest BCUT2D eigenvalue weighted by Gasteiger charge is 1.97. The van der Waals surface area contributed by atoms with Crippen LogP contribution in [-0.2, 0) is 0 Å². The summed E-state index contributed by atoms with van der Waals surface area (Å²) >= 11 is 0. The number of hydrogen-bond donors (Lipinski definition) is 1. The van der Waals surface area contributed by atoms with Crippen LogP contribution in [0.2, 0.25) is 0 Å². The third-order valence-corrected chi connectivity index (χ3v) is 2.41. The fourth-order valence-corrected chi connectivity index (χ4v) is 1.71. The molecule has 0 saturated heterocycles. The number of nitrogens with two attached hydrogens (primary N) is 1. The fraction of sp³-hybridized carbons (Fsp3) is 0.538. The Hall–Kier alpha value is -0.120. The van der Waals surface area contributed by atoms with Crippen LogP contribution in [0.1, 0.15) is 41.5 Å². The van der Waals surface area contributed by atoms with E-state index in [2.05, 4.69) is 35.9 Å². The molecule has 0 aliphatic rings. The predicted molar refractivity (Wildman–Crippen MR) is 88.5 cm³/mol. The van der Waals surface area contributed by atoms with Crippen LogP contribution < -0.4 is 5.73 Å². The molecule has 0 spiro atoms. The van der Waals surface area contributed by atoms with Crippen LogP contribution in [0, 0.1) is 0 Å². The van der Waals surface area contributed by atoms with Gasteiger partial charge < -0.3 is 5.73 Å². The molecule has 0 fully saturated rings. The van der Waals surface area contributed by atoms with Crippen molar-refractivity contribution in [3.05, 3.63) is 36.8 Å². The SMILES string of the molecule is C=C(N)C(=C)PC(C)P.C=CC.CC.CC. The van der Waals surface area contributed by atoms with E-state index >= 15 is 0 Å². The lowest BCUT2D eigenvalue weighted by Gasteiger charge is -2.06. The van der Waals surface area contributed by atoms with Crippen molar-refractivity contribution in [3.63, 3.8) is 0 Å². The molecule has 0 aliphatic heterocycles. The van der Waals surface area contributed by atoms with Gasteiger partial charge in [0.1, 0.15) is 0 Å². The summed E-state index contributed by atoms with van der Waals surface area (Å²) in [5.74, 6) is 0. The van der Waals surface area contributed by atoms with Gasteiger partial charge in [-0.2, -0.15) is 0 Å². The lowest BCUT2D eigenvalue weighted by atomic mass is 10.5. The topological polar surface area (TPSA) is 26.0 Å². The van der Waals surface area contributed by atoms with E-state index in [1.54, 1.807) is 6.08 Å². The van der Waals surface area contributed by atoms with Crippen molar-refractivity contribution < 1.29 is 0 Å². The molecule has 3 atom stereocenters. The first-order valence-electron chi connectivity index (χ1n) is 5.68. The molecule has 0 rings (SSSR count). The summed E-state index contributed by atoms with van der Waals surface area (Å²) in [6.45, 7) is 22.7. The molecule has 1 nitrogen and oxygen atoms in total. The summed E-state index contributed by atoms with van der Waals surface area (Å²) in [7, 11) is 3.39. The lowest BCUT2D eigenvalue weighted by Crippen LogP contribution is -1.94. The highest BCUT2D eigenvalue weighted by molar-refractivity contribution is 7.53. The first kappa shape index (κ1) is 24.9. The van der Waals surface area contributed by atoms with Gasteiger partial charge in [-0.25, -0.2) is 0 Å². The maximum absolute atomic E-state index is 5.39. The summed E-state index contributed by atoms with van der Waals surface area (Å²) in [5.41, 5.74) is 6.00. The largest absolute Gasteiger partial charge is 0.399 e. The first-order chi connectivity index (χ1) is 7.45. The summed E-state index contributed by atoms with van der Waals surface area (Å²) in [4.78, 5) is 0. The summed E-state index contributed by atoms with van der Waals surface area (Å²) < 4.78 is 0. The smallest absolute Gasteiger partial charge is 0.0310 e. The zero-order chi connectivity index (χ0) is 14.1. The molecule has 0 radical (unpaired) electrons. The molecule has 0 aliphatic carbocycles. The molecule has 0 aromatic rings. The Morgan fingerprint density at radius 1 is 1.25 bits per heavy atom. The Bertz CT molecular complexity index is 163. The molecule has 16 heavy (non-hydrogen) atoms. The van der Waals surface area contributed by atoms with Crippen LogP contribution in [0.3, 0.4) is 0 Å². The van der Waals surface area contributed by atoms with E-state index in [9.17, 15) is 0 Å². The number of allylic oxidation sites excluding steroid dienone is 2. The van der Waals surface area contributed by atoms with Gasteiger partial charge >= 0.3 is 0 Å². The van der Waals surface area contributed by atoms with Gasteiger partial charge in [0.05, 0.1) is 0 Å². The average molecular weight is 263 g/mol. The van der Waals surface area contributed by atoms with E-state index in [1.807, 2.05) is 34.6 Å². The van der Waals surface area contributed by atoms with Gasteiger partial charge in [-0.3, -0.25) is 0 Å². The fourth-order valence-electron chi connectivity index (χ4n) is 0.368. The zero-order valence-electron chi connectivity index (χ0n) is 11.9. The molecule has 0 aromatic carbocycles. The van der Waals surface area contributed by atoms with Gasteiger partial charge in [0.2, 0.25) is 0 Å². The van der Waals surface area contributed by atoms with Crippen molar-refractivity contribution in [2.45, 2.75) is 46.9 Å². The standard InChI is InChI=1S/C6H13NP2.C3H6.2C2H6/c1-4(7)5(2)9-6(3)8;1-3-2;2*1-2/h6,9H,1-2,7-8H2,3H3;3H,1H2,2H3;2*1-2H3. The Labute approximate surface area is 108 Å². The van der Waals surface area contributed by atoms with E-state index in [0.717, 1.165) is 5.31 Å². The number of rotatable bonds is 3. The predicted octanol–water partition coefficient (Wildman–Crippen LogP) is 5.12. The Morgan fingerprint density at radius 2 is 1.50 bits per heavy atom. The Kier molecular flexibility index (Phi) is 37.7. The Balaban J connectivity index is -0.0000000864. The second kappa shape index (κ2) is 24.2. The van der Waals surface area contributed by atoms with Crippen molar-refractivity contribution in [1.29, 1.82) is 0 Å². The maximum atomic E-state index is 5.39. The van der Waals surface area contributed by atoms with Crippen LogP contribution in [0.15, 0.2) is 36.8 Å². The molecule has 98 valence electrons. The van der Waals surface area contributed by atoms with Gasteiger partial charge in [0, 0.05) is 5.70 Å². The second-order valence-electron chi connectivity index (χ2n) is 2.35. The molecule has 0 aromatic heterocycles.